The number of carbonyl (C=O) groups excluding carboxylic acids is 1. The number of benzene rings is 1. The van der Waals surface area contributed by atoms with Gasteiger partial charge in [0.25, 0.3) is 5.91 Å². The van der Waals surface area contributed by atoms with Gasteiger partial charge in [-0.2, -0.15) is 18.3 Å². The minimum absolute atomic E-state index is 0.0376. The summed E-state index contributed by atoms with van der Waals surface area (Å²) in [5, 5.41) is 12.9. The van der Waals surface area contributed by atoms with Gasteiger partial charge in [0, 0.05) is 43.4 Å². The van der Waals surface area contributed by atoms with Crippen LogP contribution in [0.5, 0.6) is 0 Å². The van der Waals surface area contributed by atoms with Crippen LogP contribution in [0.1, 0.15) is 47.2 Å². The van der Waals surface area contributed by atoms with Gasteiger partial charge in [-0.1, -0.05) is 24.3 Å². The Balaban J connectivity index is 1.31. The SMILES string of the molecule is Nc1[nH]nc2ncc(-c3ccc(CNc4ncc(C(F)(F)F)cc4C(=O)NC4CCC(F)(F)CC4)cc3)cc12. The van der Waals surface area contributed by atoms with Gasteiger partial charge in [-0.25, -0.2) is 18.7 Å². The molecule has 1 amide bonds. The molecule has 5 rings (SSSR count). The highest BCUT2D eigenvalue weighted by Crippen LogP contribution is 2.34. The third-order valence-corrected chi connectivity index (χ3v) is 6.70. The van der Waals surface area contributed by atoms with Crippen LogP contribution in [-0.4, -0.2) is 38.0 Å². The summed E-state index contributed by atoms with van der Waals surface area (Å²) in [4.78, 5) is 21.0. The maximum Gasteiger partial charge on any atom is 0.417 e. The number of aromatic nitrogens is 4. The number of nitrogens with two attached hydrogens (primary N) is 1. The van der Waals surface area contributed by atoms with Crippen molar-refractivity contribution in [3.8, 4) is 11.1 Å². The Morgan fingerprint density at radius 1 is 1.05 bits per heavy atom. The number of amides is 1. The summed E-state index contributed by atoms with van der Waals surface area (Å²) in [6.07, 6.45) is -3.10. The van der Waals surface area contributed by atoms with E-state index in [1.54, 1.807) is 6.20 Å². The summed E-state index contributed by atoms with van der Waals surface area (Å²) in [5.74, 6) is -3.23. The number of rotatable bonds is 6. The second-order valence-electron chi connectivity index (χ2n) is 9.50. The first-order chi connectivity index (χ1) is 18.5. The minimum Gasteiger partial charge on any atom is -0.384 e. The smallest absolute Gasteiger partial charge is 0.384 e. The number of fused-ring (bicyclic) bond motifs is 1. The fraction of sp³-hybridized carbons (Fsp3) is 0.308. The number of nitrogens with one attached hydrogen (secondary N) is 3. The number of hydrogen-bond acceptors (Lipinski definition) is 6. The number of nitrogens with zero attached hydrogens (tertiary/aromatic N) is 3. The number of nitrogen functional groups attached to an aromatic ring is 1. The van der Waals surface area contributed by atoms with Gasteiger partial charge in [0.1, 0.15) is 11.6 Å². The highest BCUT2D eigenvalue weighted by atomic mass is 19.4. The van der Waals surface area contributed by atoms with Crippen LogP contribution in [0.2, 0.25) is 0 Å². The Hall–Kier alpha value is -4.29. The fourth-order valence-electron chi connectivity index (χ4n) is 4.46. The van der Waals surface area contributed by atoms with Gasteiger partial charge >= 0.3 is 6.18 Å². The second kappa shape index (κ2) is 10.1. The van der Waals surface area contributed by atoms with E-state index in [1.165, 1.54) is 0 Å². The number of pyridine rings is 2. The van der Waals surface area contributed by atoms with Crippen LogP contribution in [0.4, 0.5) is 33.6 Å². The maximum atomic E-state index is 13.5. The average molecular weight is 546 g/mol. The Bertz CT molecular complexity index is 1490. The lowest BCUT2D eigenvalue weighted by Gasteiger charge is -2.29. The van der Waals surface area contributed by atoms with Gasteiger partial charge in [0.15, 0.2) is 5.65 Å². The van der Waals surface area contributed by atoms with Crippen molar-refractivity contribution in [3.63, 3.8) is 0 Å². The van der Waals surface area contributed by atoms with Gasteiger partial charge < -0.3 is 16.4 Å². The highest BCUT2D eigenvalue weighted by Gasteiger charge is 2.36. The van der Waals surface area contributed by atoms with E-state index in [-0.39, 0.29) is 43.6 Å². The highest BCUT2D eigenvalue weighted by molar-refractivity contribution is 5.99. The fourth-order valence-corrected chi connectivity index (χ4v) is 4.46. The molecule has 3 aromatic heterocycles. The Labute approximate surface area is 219 Å². The quantitative estimate of drug-likeness (QED) is 0.236. The van der Waals surface area contributed by atoms with Crippen LogP contribution in [-0.2, 0) is 12.7 Å². The van der Waals surface area contributed by atoms with Gasteiger partial charge in [-0.3, -0.25) is 9.89 Å². The largest absolute Gasteiger partial charge is 0.417 e. The van der Waals surface area contributed by atoms with Gasteiger partial charge in [-0.15, -0.1) is 0 Å². The molecule has 204 valence electrons. The number of H-pyrrole nitrogens is 1. The van der Waals surface area contributed by atoms with E-state index in [0.29, 0.717) is 23.0 Å². The van der Waals surface area contributed by atoms with Crippen LogP contribution in [0, 0.1) is 0 Å². The third-order valence-electron chi connectivity index (χ3n) is 6.70. The molecule has 1 aliphatic carbocycles. The van der Waals surface area contributed by atoms with Crippen molar-refractivity contribution in [3.05, 3.63) is 65.5 Å². The predicted octanol–water partition coefficient (Wildman–Crippen LogP) is 5.54. The molecule has 0 spiro atoms. The van der Waals surface area contributed by atoms with Gasteiger partial charge in [-0.05, 0) is 36.1 Å². The van der Waals surface area contributed by atoms with Gasteiger partial charge in [0.05, 0.1) is 16.5 Å². The molecule has 0 aliphatic heterocycles. The zero-order valence-corrected chi connectivity index (χ0v) is 20.4. The Morgan fingerprint density at radius 2 is 1.77 bits per heavy atom. The summed E-state index contributed by atoms with van der Waals surface area (Å²) >= 11 is 0. The molecule has 0 atom stereocenters. The van der Waals surface area contributed by atoms with Crippen LogP contribution in [0.3, 0.4) is 0 Å². The summed E-state index contributed by atoms with van der Waals surface area (Å²) < 4.78 is 66.9. The van der Waals surface area contributed by atoms with Crippen molar-refractivity contribution in [1.29, 1.82) is 0 Å². The second-order valence-corrected chi connectivity index (χ2v) is 9.50. The van der Waals surface area contributed by atoms with Gasteiger partial charge in [0.2, 0.25) is 5.92 Å². The average Bonchev–Trinajstić information content (AvgIpc) is 3.28. The van der Waals surface area contributed by atoms with Crippen molar-refractivity contribution in [2.45, 2.75) is 50.4 Å². The lowest BCUT2D eigenvalue weighted by Crippen LogP contribution is -2.40. The zero-order valence-electron chi connectivity index (χ0n) is 20.4. The molecule has 1 fully saturated rings. The summed E-state index contributed by atoms with van der Waals surface area (Å²) in [5.41, 5.74) is 7.44. The van der Waals surface area contributed by atoms with E-state index in [0.717, 1.165) is 22.8 Å². The normalized spacial score (nSPS) is 15.8. The van der Waals surface area contributed by atoms with E-state index in [9.17, 15) is 26.7 Å². The molecular formula is C26H24F5N7O. The first-order valence-electron chi connectivity index (χ1n) is 12.2. The van der Waals surface area contributed by atoms with Crippen LogP contribution in [0.25, 0.3) is 22.2 Å². The topological polar surface area (TPSA) is 122 Å². The molecule has 0 saturated heterocycles. The van der Waals surface area contributed by atoms with Crippen molar-refractivity contribution >= 4 is 28.6 Å². The number of anilines is 2. The molecule has 13 heteroatoms. The molecule has 4 aromatic rings. The number of hydrogen-bond donors (Lipinski definition) is 4. The minimum atomic E-state index is -4.71. The standard InChI is InChI=1S/C26H24F5N7O/c27-25(28)7-5-18(6-8-25)36-24(39)20-10-17(26(29,30)31)13-35-22(20)33-11-14-1-3-15(4-2-14)16-9-19-21(32)37-38-23(19)34-12-16/h1-4,9-10,12-13,18H,5-8,11H2,(H,33,35)(H,36,39)(H3,32,34,37,38). The van der Waals surface area contributed by atoms with Crippen molar-refractivity contribution in [2.75, 3.05) is 11.1 Å². The number of alkyl halides is 5. The summed E-state index contributed by atoms with van der Waals surface area (Å²) in [6.45, 7) is 0.167. The molecule has 39 heavy (non-hydrogen) atoms. The van der Waals surface area contributed by atoms with E-state index >= 15 is 0 Å². The molecule has 0 radical (unpaired) electrons. The summed E-state index contributed by atoms with van der Waals surface area (Å²) in [6, 6.07) is 9.35. The molecule has 8 nitrogen and oxygen atoms in total. The van der Waals surface area contributed by atoms with Crippen molar-refractivity contribution in [1.82, 2.24) is 25.5 Å². The van der Waals surface area contributed by atoms with E-state index in [1.807, 2.05) is 30.3 Å². The molecule has 3 heterocycles. The predicted molar refractivity (Wildman–Crippen MR) is 135 cm³/mol. The maximum absolute atomic E-state index is 13.5. The van der Waals surface area contributed by atoms with E-state index in [4.69, 9.17) is 5.73 Å². The Morgan fingerprint density at radius 3 is 2.46 bits per heavy atom. The van der Waals surface area contributed by atoms with Crippen LogP contribution in [0.15, 0.2) is 48.8 Å². The lowest BCUT2D eigenvalue weighted by molar-refractivity contribution is -0.137. The lowest BCUT2D eigenvalue weighted by atomic mass is 9.92. The molecular weight excluding hydrogens is 521 g/mol. The molecule has 1 saturated carbocycles. The van der Waals surface area contributed by atoms with Crippen molar-refractivity contribution in [2.24, 2.45) is 0 Å². The number of aromatic amines is 1. The van der Waals surface area contributed by atoms with E-state index < -0.39 is 29.6 Å². The first kappa shape index (κ1) is 26.3. The zero-order chi connectivity index (χ0) is 27.8. The molecule has 5 N–H and O–H groups in total. The molecule has 0 unspecified atom stereocenters. The first-order valence-corrected chi connectivity index (χ1v) is 12.2. The Kier molecular flexibility index (Phi) is 6.83. The third kappa shape index (κ3) is 5.91. The number of carbonyl (C=O) groups is 1. The molecule has 0 bridgehead atoms. The monoisotopic (exact) mass is 545 g/mol. The van der Waals surface area contributed by atoms with Crippen LogP contribution < -0.4 is 16.4 Å². The van der Waals surface area contributed by atoms with E-state index in [2.05, 4.69) is 30.8 Å². The summed E-state index contributed by atoms with van der Waals surface area (Å²) in [7, 11) is 0. The molecule has 1 aliphatic rings. The molecule has 1 aromatic carbocycles. The van der Waals surface area contributed by atoms with Crippen LogP contribution >= 0.6 is 0 Å². The number of halogens is 5. The van der Waals surface area contributed by atoms with Crippen molar-refractivity contribution < 1.29 is 26.7 Å².